The molecule has 0 spiro atoms. The maximum atomic E-state index is 10.9. The zero-order valence-electron chi connectivity index (χ0n) is 15.1. The number of anilines is 2. The Kier molecular flexibility index (Phi) is 5.85. The number of aromatic nitrogens is 1. The molecule has 0 amide bonds. The zero-order valence-corrected chi connectivity index (χ0v) is 15.9. The van der Waals surface area contributed by atoms with Crippen molar-refractivity contribution < 1.29 is 14.4 Å². The fourth-order valence-corrected chi connectivity index (χ4v) is 3.45. The number of hydrogen-bond acceptors (Lipinski definition) is 7. The number of methoxy groups -OCH3 is 2. The van der Waals surface area contributed by atoms with Crippen LogP contribution in [0.3, 0.4) is 0 Å². The predicted molar refractivity (Wildman–Crippen MR) is 104 cm³/mol. The van der Waals surface area contributed by atoms with Crippen molar-refractivity contribution in [2.45, 2.75) is 18.9 Å². The van der Waals surface area contributed by atoms with Crippen LogP contribution in [0.25, 0.3) is 0 Å². The number of benzene rings is 1. The molecule has 144 valence electrons. The summed E-state index contributed by atoms with van der Waals surface area (Å²) in [5.74, 6) is 1.99. The second-order valence-corrected chi connectivity index (χ2v) is 6.69. The largest absolute Gasteiger partial charge is 0.497 e. The quantitative estimate of drug-likeness (QED) is 0.591. The molecule has 8 nitrogen and oxygen atoms in total. The van der Waals surface area contributed by atoms with Crippen LogP contribution >= 0.6 is 11.6 Å². The summed E-state index contributed by atoms with van der Waals surface area (Å²) in [6, 6.07) is 7.16. The molecule has 1 saturated heterocycles. The van der Waals surface area contributed by atoms with Gasteiger partial charge < -0.3 is 19.7 Å². The average Bonchev–Trinajstić information content (AvgIpc) is 2.67. The van der Waals surface area contributed by atoms with Crippen LogP contribution < -0.4 is 19.7 Å². The topological polar surface area (TPSA) is 89.8 Å². The van der Waals surface area contributed by atoms with Crippen molar-refractivity contribution in [2.75, 3.05) is 37.5 Å². The Labute approximate surface area is 162 Å². The van der Waals surface area contributed by atoms with E-state index in [9.17, 15) is 10.1 Å². The molecule has 3 rings (SSSR count). The summed E-state index contributed by atoms with van der Waals surface area (Å²) in [4.78, 5) is 16.6. The highest BCUT2D eigenvalue weighted by Crippen LogP contribution is 2.31. The summed E-state index contributed by atoms with van der Waals surface area (Å²) < 4.78 is 10.6. The van der Waals surface area contributed by atoms with E-state index >= 15 is 0 Å². The number of rotatable bonds is 6. The van der Waals surface area contributed by atoms with Crippen molar-refractivity contribution in [3.8, 4) is 11.5 Å². The second kappa shape index (κ2) is 8.30. The van der Waals surface area contributed by atoms with E-state index in [1.807, 2.05) is 23.1 Å². The molecule has 2 heterocycles. The molecule has 1 aromatic heterocycles. The van der Waals surface area contributed by atoms with Gasteiger partial charge in [-0.1, -0.05) is 11.6 Å². The van der Waals surface area contributed by atoms with Gasteiger partial charge in [0, 0.05) is 49.1 Å². The maximum Gasteiger partial charge on any atom is 0.289 e. The molecular formula is C18H21ClN4O4. The van der Waals surface area contributed by atoms with Gasteiger partial charge in [-0.05, 0) is 12.8 Å². The van der Waals surface area contributed by atoms with Crippen molar-refractivity contribution in [1.82, 2.24) is 4.98 Å². The first-order valence-electron chi connectivity index (χ1n) is 8.54. The van der Waals surface area contributed by atoms with Gasteiger partial charge in [-0.2, -0.15) is 0 Å². The van der Waals surface area contributed by atoms with Crippen molar-refractivity contribution in [1.29, 1.82) is 0 Å². The predicted octanol–water partition coefficient (Wildman–Crippen LogP) is 3.74. The molecule has 9 heteroatoms. The summed E-state index contributed by atoms with van der Waals surface area (Å²) in [5.41, 5.74) is 0.791. The molecule has 1 aromatic carbocycles. The fourth-order valence-electron chi connectivity index (χ4n) is 3.17. The van der Waals surface area contributed by atoms with E-state index in [0.717, 1.165) is 25.1 Å². The van der Waals surface area contributed by atoms with Crippen LogP contribution in [0, 0.1) is 10.1 Å². The molecule has 2 aromatic rings. The van der Waals surface area contributed by atoms with E-state index in [1.165, 1.54) is 12.3 Å². The molecule has 0 bridgehead atoms. The number of nitrogens with zero attached hydrogens (tertiary/aromatic N) is 3. The molecular weight excluding hydrogens is 372 g/mol. The monoisotopic (exact) mass is 392 g/mol. The SMILES string of the molecule is COc1cc(NC2CCCN(c3ncc([N+](=O)[O-])cc3Cl)C2)cc(OC)c1. The average molecular weight is 393 g/mol. The Morgan fingerprint density at radius 3 is 2.56 bits per heavy atom. The van der Waals surface area contributed by atoms with Crippen molar-refractivity contribution in [3.05, 3.63) is 45.6 Å². The lowest BCUT2D eigenvalue weighted by Crippen LogP contribution is -2.42. The maximum absolute atomic E-state index is 10.9. The van der Waals surface area contributed by atoms with Crippen LogP contribution in [0.2, 0.25) is 5.02 Å². The van der Waals surface area contributed by atoms with Crippen LogP contribution in [0.4, 0.5) is 17.2 Å². The minimum Gasteiger partial charge on any atom is -0.497 e. The summed E-state index contributed by atoms with van der Waals surface area (Å²) in [6.45, 7) is 1.48. The third-order valence-electron chi connectivity index (χ3n) is 4.46. The van der Waals surface area contributed by atoms with Crippen molar-refractivity contribution in [2.24, 2.45) is 0 Å². The molecule has 1 aliphatic heterocycles. The molecule has 0 aliphatic carbocycles. The Balaban J connectivity index is 1.74. The Bertz CT molecular complexity index is 811. The van der Waals surface area contributed by atoms with Crippen LogP contribution in [-0.4, -0.2) is 43.3 Å². The number of nitrogens with one attached hydrogen (secondary N) is 1. The van der Waals surface area contributed by atoms with Crippen LogP contribution in [0.1, 0.15) is 12.8 Å². The minimum atomic E-state index is -0.501. The first kappa shape index (κ1) is 19.0. The van der Waals surface area contributed by atoms with Gasteiger partial charge in [-0.3, -0.25) is 10.1 Å². The molecule has 27 heavy (non-hydrogen) atoms. The zero-order chi connectivity index (χ0) is 19.4. The summed E-state index contributed by atoms with van der Waals surface area (Å²) >= 11 is 6.23. The van der Waals surface area contributed by atoms with Crippen molar-refractivity contribution >= 4 is 28.8 Å². The third-order valence-corrected chi connectivity index (χ3v) is 4.74. The second-order valence-electron chi connectivity index (χ2n) is 6.29. The number of hydrogen-bond donors (Lipinski definition) is 1. The van der Waals surface area contributed by atoms with Gasteiger partial charge in [0.2, 0.25) is 0 Å². The number of nitro groups is 1. The lowest BCUT2D eigenvalue weighted by atomic mass is 10.1. The minimum absolute atomic E-state index is 0.112. The van der Waals surface area contributed by atoms with E-state index in [2.05, 4.69) is 10.3 Å². The van der Waals surface area contributed by atoms with Gasteiger partial charge in [0.25, 0.3) is 5.69 Å². The van der Waals surface area contributed by atoms with E-state index in [1.54, 1.807) is 14.2 Å². The lowest BCUT2D eigenvalue weighted by molar-refractivity contribution is -0.385. The van der Waals surface area contributed by atoms with Gasteiger partial charge in [0.15, 0.2) is 0 Å². The molecule has 0 radical (unpaired) electrons. The standard InChI is InChI=1S/C18H21ClN4O4/c1-26-15-6-13(7-16(9-15)27-2)21-12-4-3-5-22(11-12)18-17(19)8-14(10-20-18)23(24)25/h6-10,12,21H,3-5,11H2,1-2H3. The van der Waals surface area contributed by atoms with Gasteiger partial charge in [-0.25, -0.2) is 4.98 Å². The highest BCUT2D eigenvalue weighted by atomic mass is 35.5. The highest BCUT2D eigenvalue weighted by molar-refractivity contribution is 6.33. The number of ether oxygens (including phenoxy) is 2. The van der Waals surface area contributed by atoms with E-state index in [4.69, 9.17) is 21.1 Å². The van der Waals surface area contributed by atoms with E-state index < -0.39 is 4.92 Å². The molecule has 0 saturated carbocycles. The fraction of sp³-hybridized carbons (Fsp3) is 0.389. The lowest BCUT2D eigenvalue weighted by Gasteiger charge is -2.34. The highest BCUT2D eigenvalue weighted by Gasteiger charge is 2.24. The van der Waals surface area contributed by atoms with Gasteiger partial charge >= 0.3 is 0 Å². The normalized spacial score (nSPS) is 16.7. The first-order chi connectivity index (χ1) is 13.0. The van der Waals surface area contributed by atoms with Gasteiger partial charge in [-0.15, -0.1) is 0 Å². The number of halogens is 1. The van der Waals surface area contributed by atoms with Gasteiger partial charge in [0.05, 0.1) is 24.2 Å². The van der Waals surface area contributed by atoms with Crippen LogP contribution in [0.15, 0.2) is 30.5 Å². The molecule has 1 aliphatic rings. The van der Waals surface area contributed by atoms with Crippen molar-refractivity contribution in [3.63, 3.8) is 0 Å². The number of piperidine rings is 1. The summed E-state index contributed by atoms with van der Waals surface area (Å²) in [6.07, 6.45) is 3.18. The van der Waals surface area contributed by atoms with Crippen LogP contribution in [-0.2, 0) is 0 Å². The van der Waals surface area contributed by atoms with Crippen LogP contribution in [0.5, 0.6) is 11.5 Å². The molecule has 1 unspecified atom stereocenters. The van der Waals surface area contributed by atoms with Gasteiger partial charge in [0.1, 0.15) is 23.5 Å². The molecule has 1 N–H and O–H groups in total. The van der Waals surface area contributed by atoms with E-state index in [-0.39, 0.29) is 16.8 Å². The smallest absolute Gasteiger partial charge is 0.289 e. The number of pyridine rings is 1. The molecule has 1 atom stereocenters. The Morgan fingerprint density at radius 2 is 1.96 bits per heavy atom. The Morgan fingerprint density at radius 1 is 1.26 bits per heavy atom. The first-order valence-corrected chi connectivity index (χ1v) is 8.92. The molecule has 1 fully saturated rings. The summed E-state index contributed by atoms with van der Waals surface area (Å²) in [7, 11) is 3.23. The van der Waals surface area contributed by atoms with E-state index in [0.29, 0.717) is 23.9 Å². The summed E-state index contributed by atoms with van der Waals surface area (Å²) in [5, 5.41) is 14.6. The Hall–Kier alpha value is -2.74. The third kappa shape index (κ3) is 4.51.